The predicted molar refractivity (Wildman–Crippen MR) is 101 cm³/mol. The molecule has 1 aromatic heterocycles. The summed E-state index contributed by atoms with van der Waals surface area (Å²) in [6.07, 6.45) is 0.693. The van der Waals surface area contributed by atoms with E-state index in [1.807, 2.05) is 13.8 Å². The topological polar surface area (TPSA) is 59.2 Å². The molecule has 0 N–H and O–H groups in total. The number of aromatic nitrogens is 2. The van der Waals surface area contributed by atoms with Crippen molar-refractivity contribution in [3.63, 3.8) is 0 Å². The van der Waals surface area contributed by atoms with Crippen LogP contribution in [0.3, 0.4) is 0 Å². The molecule has 1 heterocycles. The molecule has 0 saturated carbocycles. The van der Waals surface area contributed by atoms with Gasteiger partial charge in [0.2, 0.25) is 11.8 Å². The molecule has 1 amide bonds. The number of likely N-dealkylation sites (N-methyl/N-ethyl adjacent to an activating group) is 1. The molecule has 0 aliphatic carbocycles. The maximum absolute atomic E-state index is 13.1. The Morgan fingerprint density at radius 3 is 2.18 bits per heavy atom. The van der Waals surface area contributed by atoms with Gasteiger partial charge in [0.05, 0.1) is 5.92 Å². The average Bonchev–Trinajstić information content (AvgIpc) is 3.19. The average molecular weight is 385 g/mol. The fourth-order valence-corrected chi connectivity index (χ4v) is 2.89. The van der Waals surface area contributed by atoms with E-state index in [1.165, 1.54) is 36.4 Å². The van der Waals surface area contributed by atoms with Crippen molar-refractivity contribution in [2.45, 2.75) is 26.2 Å². The molecule has 2 aromatic carbocycles. The Hall–Kier alpha value is -3.09. The third kappa shape index (κ3) is 4.42. The predicted octanol–water partition coefficient (Wildman–Crippen LogP) is 4.67. The first kappa shape index (κ1) is 19.7. The van der Waals surface area contributed by atoms with Crippen LogP contribution in [0.5, 0.6) is 0 Å². The summed E-state index contributed by atoms with van der Waals surface area (Å²) in [5.41, 5.74) is 1.06. The highest BCUT2D eigenvalue weighted by Crippen LogP contribution is 2.25. The van der Waals surface area contributed by atoms with Crippen LogP contribution in [-0.2, 0) is 0 Å². The second-order valence-electron chi connectivity index (χ2n) is 6.41. The number of carbonyl (C=O) groups is 1. The monoisotopic (exact) mass is 385 g/mol. The quantitative estimate of drug-likeness (QED) is 0.593. The third-order valence-electron chi connectivity index (χ3n) is 4.57. The van der Waals surface area contributed by atoms with Crippen molar-refractivity contribution in [2.75, 3.05) is 13.1 Å². The lowest BCUT2D eigenvalue weighted by Gasteiger charge is -2.24. The zero-order valence-electron chi connectivity index (χ0n) is 15.7. The molecule has 0 spiro atoms. The lowest BCUT2D eigenvalue weighted by atomic mass is 10.1. The van der Waals surface area contributed by atoms with Crippen molar-refractivity contribution >= 4 is 5.91 Å². The molecule has 7 heteroatoms. The number of hydrogen-bond donors (Lipinski definition) is 0. The number of rotatable bonds is 7. The van der Waals surface area contributed by atoms with Gasteiger partial charge in [-0.1, -0.05) is 6.92 Å². The van der Waals surface area contributed by atoms with E-state index >= 15 is 0 Å². The summed E-state index contributed by atoms with van der Waals surface area (Å²) in [6.45, 7) is 4.74. The smallest absolute Gasteiger partial charge is 0.253 e. The largest absolute Gasteiger partial charge is 0.420 e. The molecule has 28 heavy (non-hydrogen) atoms. The van der Waals surface area contributed by atoms with E-state index in [2.05, 4.69) is 10.2 Å². The van der Waals surface area contributed by atoms with Gasteiger partial charge >= 0.3 is 0 Å². The third-order valence-corrected chi connectivity index (χ3v) is 4.57. The van der Waals surface area contributed by atoms with Crippen molar-refractivity contribution in [1.29, 1.82) is 0 Å². The molecule has 0 bridgehead atoms. The summed E-state index contributed by atoms with van der Waals surface area (Å²) in [6, 6.07) is 11.3. The van der Waals surface area contributed by atoms with Crippen LogP contribution in [0.1, 0.15) is 42.4 Å². The molecule has 5 nitrogen and oxygen atoms in total. The number of nitrogens with zero attached hydrogens (tertiary/aromatic N) is 3. The molecule has 1 atom stereocenters. The lowest BCUT2D eigenvalue weighted by molar-refractivity contribution is 0.0748. The normalized spacial score (nSPS) is 12.0. The van der Waals surface area contributed by atoms with Crippen LogP contribution in [-0.4, -0.2) is 34.1 Å². The summed E-state index contributed by atoms with van der Waals surface area (Å²) < 4.78 is 32.0. The maximum atomic E-state index is 13.1. The molecule has 0 unspecified atom stereocenters. The van der Waals surface area contributed by atoms with Crippen LogP contribution < -0.4 is 0 Å². The molecule has 0 saturated heterocycles. The Morgan fingerprint density at radius 2 is 1.61 bits per heavy atom. The van der Waals surface area contributed by atoms with Gasteiger partial charge in [0.25, 0.3) is 5.91 Å². The summed E-state index contributed by atoms with van der Waals surface area (Å²) in [5, 5.41) is 8.17. The van der Waals surface area contributed by atoms with Gasteiger partial charge in [0, 0.05) is 24.2 Å². The van der Waals surface area contributed by atoms with Gasteiger partial charge in [-0.2, -0.15) is 0 Å². The maximum Gasteiger partial charge on any atom is 0.253 e. The van der Waals surface area contributed by atoms with Crippen LogP contribution in [0.4, 0.5) is 8.78 Å². The minimum atomic E-state index is -0.384. The van der Waals surface area contributed by atoms with Crippen LogP contribution in [0.25, 0.3) is 11.5 Å². The van der Waals surface area contributed by atoms with Gasteiger partial charge < -0.3 is 9.32 Å². The second kappa shape index (κ2) is 8.73. The Labute approximate surface area is 162 Å². The Kier molecular flexibility index (Phi) is 6.13. The molecular formula is C21H21F2N3O2. The first-order valence-electron chi connectivity index (χ1n) is 9.16. The van der Waals surface area contributed by atoms with Crippen molar-refractivity contribution in [2.24, 2.45) is 0 Å². The summed E-state index contributed by atoms with van der Waals surface area (Å²) in [7, 11) is 0. The van der Waals surface area contributed by atoms with Crippen molar-refractivity contribution < 1.29 is 18.0 Å². The van der Waals surface area contributed by atoms with Crippen LogP contribution in [0.2, 0.25) is 0 Å². The summed E-state index contributed by atoms with van der Waals surface area (Å²) >= 11 is 0. The van der Waals surface area contributed by atoms with E-state index in [0.717, 1.165) is 0 Å². The van der Waals surface area contributed by atoms with Gasteiger partial charge in [-0.25, -0.2) is 8.78 Å². The molecule has 0 aliphatic rings. The Balaban J connectivity index is 1.76. The minimum absolute atomic E-state index is 0.147. The van der Waals surface area contributed by atoms with Gasteiger partial charge in [0.15, 0.2) is 0 Å². The first-order chi connectivity index (χ1) is 13.5. The SMILES string of the molecule is CC[C@@H](CN(CC)C(=O)c1ccc(F)cc1)c1nnc(-c2ccc(F)cc2)o1. The minimum Gasteiger partial charge on any atom is -0.420 e. The number of carbonyl (C=O) groups excluding carboxylic acids is 1. The van der Waals surface area contributed by atoms with E-state index in [1.54, 1.807) is 17.0 Å². The van der Waals surface area contributed by atoms with Crippen LogP contribution in [0, 0.1) is 11.6 Å². The van der Waals surface area contributed by atoms with E-state index in [4.69, 9.17) is 4.42 Å². The Morgan fingerprint density at radius 1 is 1.00 bits per heavy atom. The molecule has 3 rings (SSSR count). The molecule has 0 aliphatic heterocycles. The van der Waals surface area contributed by atoms with E-state index in [9.17, 15) is 13.6 Å². The molecule has 146 valence electrons. The number of amides is 1. The van der Waals surface area contributed by atoms with Crippen molar-refractivity contribution in [3.8, 4) is 11.5 Å². The van der Waals surface area contributed by atoms with Gasteiger partial charge in [-0.15, -0.1) is 10.2 Å². The zero-order valence-corrected chi connectivity index (χ0v) is 15.7. The summed E-state index contributed by atoms with van der Waals surface area (Å²) in [4.78, 5) is 14.4. The standard InChI is InChI=1S/C21H21F2N3O2/c1-3-14(13-26(4-2)21(27)16-7-11-18(23)12-8-16)19-24-25-20(28-19)15-5-9-17(22)10-6-15/h5-12,14H,3-4,13H2,1-2H3/t14-/m0/s1. The molecule has 0 radical (unpaired) electrons. The summed E-state index contributed by atoms with van der Waals surface area (Å²) in [5.74, 6) is -0.322. The number of hydrogen-bond acceptors (Lipinski definition) is 4. The second-order valence-corrected chi connectivity index (χ2v) is 6.41. The highest BCUT2D eigenvalue weighted by Gasteiger charge is 2.23. The van der Waals surface area contributed by atoms with Crippen molar-refractivity contribution in [1.82, 2.24) is 15.1 Å². The first-order valence-corrected chi connectivity index (χ1v) is 9.16. The molecule has 3 aromatic rings. The number of halogens is 2. The fraction of sp³-hybridized carbons (Fsp3) is 0.286. The van der Waals surface area contributed by atoms with E-state index < -0.39 is 0 Å². The lowest BCUT2D eigenvalue weighted by Crippen LogP contribution is -2.34. The molecular weight excluding hydrogens is 364 g/mol. The Bertz CT molecular complexity index is 924. The van der Waals surface area contributed by atoms with E-state index in [0.29, 0.717) is 42.4 Å². The fourth-order valence-electron chi connectivity index (χ4n) is 2.89. The van der Waals surface area contributed by atoms with Crippen LogP contribution >= 0.6 is 0 Å². The van der Waals surface area contributed by atoms with Gasteiger partial charge in [-0.3, -0.25) is 4.79 Å². The van der Waals surface area contributed by atoms with Gasteiger partial charge in [-0.05, 0) is 61.9 Å². The van der Waals surface area contributed by atoms with Gasteiger partial charge in [0.1, 0.15) is 11.6 Å². The molecule has 0 fully saturated rings. The zero-order chi connectivity index (χ0) is 20.1. The van der Waals surface area contributed by atoms with Crippen LogP contribution in [0.15, 0.2) is 52.9 Å². The van der Waals surface area contributed by atoms with Crippen molar-refractivity contribution in [3.05, 3.63) is 71.6 Å². The number of benzene rings is 2. The highest BCUT2D eigenvalue weighted by molar-refractivity contribution is 5.94. The highest BCUT2D eigenvalue weighted by atomic mass is 19.1. The van der Waals surface area contributed by atoms with E-state index in [-0.39, 0.29) is 23.5 Å².